The number of hydrogen-bond acceptors (Lipinski definition) is 5. The van der Waals surface area contributed by atoms with E-state index in [2.05, 4.69) is 5.32 Å². The van der Waals surface area contributed by atoms with Gasteiger partial charge in [-0.3, -0.25) is 0 Å². The van der Waals surface area contributed by atoms with Gasteiger partial charge in [0.25, 0.3) is 0 Å². The quantitative estimate of drug-likeness (QED) is 0.617. The highest BCUT2D eigenvalue weighted by Crippen LogP contribution is 2.26. The van der Waals surface area contributed by atoms with Crippen LogP contribution >= 0.6 is 0 Å². The van der Waals surface area contributed by atoms with Crippen LogP contribution in [0.4, 0.5) is 4.79 Å². The van der Waals surface area contributed by atoms with Crippen LogP contribution in [0.2, 0.25) is 0 Å². The van der Waals surface area contributed by atoms with Gasteiger partial charge in [-0.1, -0.05) is 36.4 Å². The minimum atomic E-state index is -0.807. The van der Waals surface area contributed by atoms with E-state index in [-0.39, 0.29) is 12.0 Å². The van der Waals surface area contributed by atoms with Crippen LogP contribution in [0.25, 0.3) is 0 Å². The number of nitrogens with one attached hydrogen (secondary N) is 1. The maximum atomic E-state index is 12.9. The molecular weight excluding hydrogens is 394 g/mol. The molecule has 1 N–H and O–H groups in total. The summed E-state index contributed by atoms with van der Waals surface area (Å²) in [6.07, 6.45) is 9.45. The lowest BCUT2D eigenvalue weighted by atomic mass is 9.92. The van der Waals surface area contributed by atoms with E-state index >= 15 is 0 Å². The Morgan fingerprint density at radius 2 is 1.84 bits per heavy atom. The van der Waals surface area contributed by atoms with Crippen molar-refractivity contribution < 1.29 is 23.8 Å². The summed E-state index contributed by atoms with van der Waals surface area (Å²) < 4.78 is 16.9. The standard InChI is InChI=1S/C25H33NO5/c1-25(2,3)31-24(28)26-22(23(27)30-21-11-7-8-12-21)19-13-15-20(16-14-19)29-17-18-9-5-4-6-10-18/h4-6,9-10,13,15-16,19,21-22H,7-8,11-12,14,17H2,1-3H3,(H,26,28)/t19?,22-/m0/s1. The molecule has 168 valence electrons. The molecule has 1 aromatic rings. The highest BCUT2D eigenvalue weighted by molar-refractivity contribution is 5.82. The normalized spacial score (nSPS) is 20.0. The van der Waals surface area contributed by atoms with Crippen LogP contribution < -0.4 is 5.32 Å². The van der Waals surface area contributed by atoms with Crippen molar-refractivity contribution in [2.24, 2.45) is 5.92 Å². The third kappa shape index (κ3) is 7.46. The number of allylic oxidation sites excluding steroid dienone is 2. The minimum Gasteiger partial charge on any atom is -0.489 e. The summed E-state index contributed by atoms with van der Waals surface area (Å²) in [5.41, 5.74) is 0.439. The van der Waals surface area contributed by atoms with Gasteiger partial charge in [0, 0.05) is 5.92 Å². The Morgan fingerprint density at radius 1 is 1.13 bits per heavy atom. The third-order valence-corrected chi connectivity index (χ3v) is 5.29. The van der Waals surface area contributed by atoms with Gasteiger partial charge in [0.1, 0.15) is 30.1 Å². The fourth-order valence-electron chi connectivity index (χ4n) is 3.73. The van der Waals surface area contributed by atoms with Crippen molar-refractivity contribution in [3.05, 3.63) is 59.9 Å². The second-order valence-corrected chi connectivity index (χ2v) is 9.11. The second-order valence-electron chi connectivity index (χ2n) is 9.11. The molecule has 6 heteroatoms. The molecule has 0 heterocycles. The Morgan fingerprint density at radius 3 is 2.45 bits per heavy atom. The summed E-state index contributed by atoms with van der Waals surface area (Å²) in [5.74, 6) is 0.111. The molecule has 0 radical (unpaired) electrons. The highest BCUT2D eigenvalue weighted by atomic mass is 16.6. The summed E-state index contributed by atoms with van der Waals surface area (Å²) in [4.78, 5) is 25.3. The van der Waals surface area contributed by atoms with Crippen molar-refractivity contribution in [1.29, 1.82) is 0 Å². The van der Waals surface area contributed by atoms with Crippen LogP contribution in [0.15, 0.2) is 54.3 Å². The number of amides is 1. The molecule has 0 aliphatic heterocycles. The topological polar surface area (TPSA) is 73.9 Å². The number of ether oxygens (including phenoxy) is 3. The van der Waals surface area contributed by atoms with E-state index in [0.717, 1.165) is 37.0 Å². The summed E-state index contributed by atoms with van der Waals surface area (Å²) in [6.45, 7) is 5.85. The van der Waals surface area contributed by atoms with Crippen molar-refractivity contribution in [1.82, 2.24) is 5.32 Å². The van der Waals surface area contributed by atoms with Crippen LogP contribution in [-0.4, -0.2) is 29.8 Å². The maximum absolute atomic E-state index is 12.9. The molecule has 6 nitrogen and oxygen atoms in total. The maximum Gasteiger partial charge on any atom is 0.408 e. The molecule has 2 aliphatic rings. The van der Waals surface area contributed by atoms with Crippen LogP contribution in [0.5, 0.6) is 0 Å². The lowest BCUT2D eigenvalue weighted by molar-refractivity contribution is -0.152. The van der Waals surface area contributed by atoms with Gasteiger partial charge in [-0.2, -0.15) is 0 Å². The smallest absolute Gasteiger partial charge is 0.408 e. The van der Waals surface area contributed by atoms with Crippen LogP contribution in [-0.2, 0) is 25.6 Å². The number of carbonyl (C=O) groups is 2. The van der Waals surface area contributed by atoms with Gasteiger partial charge in [0.2, 0.25) is 0 Å². The molecule has 1 amide bonds. The summed E-state index contributed by atoms with van der Waals surface area (Å²) >= 11 is 0. The third-order valence-electron chi connectivity index (χ3n) is 5.29. The summed E-state index contributed by atoms with van der Waals surface area (Å²) in [7, 11) is 0. The van der Waals surface area contributed by atoms with E-state index < -0.39 is 23.7 Å². The van der Waals surface area contributed by atoms with Crippen molar-refractivity contribution in [3.63, 3.8) is 0 Å². The van der Waals surface area contributed by atoms with E-state index in [1.54, 1.807) is 20.8 Å². The van der Waals surface area contributed by atoms with E-state index in [4.69, 9.17) is 14.2 Å². The molecule has 1 aromatic carbocycles. The highest BCUT2D eigenvalue weighted by Gasteiger charge is 2.34. The largest absolute Gasteiger partial charge is 0.489 e. The van der Waals surface area contributed by atoms with Crippen molar-refractivity contribution in [2.75, 3.05) is 0 Å². The van der Waals surface area contributed by atoms with Gasteiger partial charge in [-0.05, 0) is 70.6 Å². The Labute approximate surface area is 184 Å². The number of esters is 1. The zero-order chi connectivity index (χ0) is 22.3. The molecule has 0 spiro atoms. The van der Waals surface area contributed by atoms with Gasteiger partial charge < -0.3 is 19.5 Å². The van der Waals surface area contributed by atoms with Gasteiger partial charge in [0.05, 0.1) is 0 Å². The predicted molar refractivity (Wildman–Crippen MR) is 118 cm³/mol. The van der Waals surface area contributed by atoms with Gasteiger partial charge in [-0.25, -0.2) is 9.59 Å². The van der Waals surface area contributed by atoms with Crippen molar-refractivity contribution in [3.8, 4) is 0 Å². The first kappa shape index (κ1) is 22.9. The molecular formula is C25H33NO5. The molecule has 2 atom stereocenters. The Balaban J connectivity index is 1.61. The Bertz CT molecular complexity index is 803. The number of rotatable bonds is 7. The Hall–Kier alpha value is -2.76. The first-order valence-electron chi connectivity index (χ1n) is 11.1. The average molecular weight is 428 g/mol. The Kier molecular flexibility index (Phi) is 7.77. The minimum absolute atomic E-state index is 0.0664. The molecule has 2 aliphatic carbocycles. The van der Waals surface area contributed by atoms with E-state index in [1.807, 2.05) is 48.6 Å². The zero-order valence-electron chi connectivity index (χ0n) is 18.6. The average Bonchev–Trinajstić information content (AvgIpc) is 3.23. The number of hydrogen-bond donors (Lipinski definition) is 1. The fourth-order valence-corrected chi connectivity index (χ4v) is 3.73. The molecule has 1 fully saturated rings. The molecule has 1 saturated carbocycles. The number of alkyl carbamates (subject to hydrolysis) is 1. The van der Waals surface area contributed by atoms with E-state index in [1.165, 1.54) is 0 Å². The van der Waals surface area contributed by atoms with Crippen LogP contribution in [0, 0.1) is 5.92 Å². The molecule has 3 rings (SSSR count). The van der Waals surface area contributed by atoms with Gasteiger partial charge in [-0.15, -0.1) is 0 Å². The molecule has 0 saturated heterocycles. The monoisotopic (exact) mass is 427 g/mol. The van der Waals surface area contributed by atoms with Gasteiger partial charge in [0.15, 0.2) is 0 Å². The second kappa shape index (κ2) is 10.5. The number of benzene rings is 1. The first-order valence-corrected chi connectivity index (χ1v) is 11.1. The lowest BCUT2D eigenvalue weighted by Gasteiger charge is -2.28. The fraction of sp³-hybridized carbons (Fsp3) is 0.520. The number of carbonyl (C=O) groups excluding carboxylic acids is 2. The van der Waals surface area contributed by atoms with Crippen molar-refractivity contribution in [2.45, 2.75) is 77.2 Å². The summed E-state index contributed by atoms with van der Waals surface area (Å²) in [5, 5.41) is 2.73. The van der Waals surface area contributed by atoms with E-state index in [0.29, 0.717) is 13.0 Å². The van der Waals surface area contributed by atoms with Crippen molar-refractivity contribution >= 4 is 12.1 Å². The van der Waals surface area contributed by atoms with E-state index in [9.17, 15) is 9.59 Å². The molecule has 0 aromatic heterocycles. The first-order chi connectivity index (χ1) is 14.8. The van der Waals surface area contributed by atoms with Gasteiger partial charge >= 0.3 is 12.1 Å². The predicted octanol–water partition coefficient (Wildman–Crippen LogP) is 5.04. The molecule has 0 bridgehead atoms. The zero-order valence-corrected chi connectivity index (χ0v) is 18.6. The lowest BCUT2D eigenvalue weighted by Crippen LogP contribution is -2.48. The van der Waals surface area contributed by atoms with Crippen LogP contribution in [0.3, 0.4) is 0 Å². The molecule has 1 unspecified atom stereocenters. The molecule has 31 heavy (non-hydrogen) atoms. The summed E-state index contributed by atoms with van der Waals surface area (Å²) in [6, 6.07) is 9.13. The SMILES string of the molecule is CC(C)(C)OC(=O)N[C@H](C(=O)OC1CCCC1)C1C=CC(OCc2ccccc2)=CC1. The van der Waals surface area contributed by atoms with Crippen LogP contribution in [0.1, 0.15) is 58.4 Å².